The Labute approximate surface area is 88.5 Å². The van der Waals surface area contributed by atoms with E-state index in [9.17, 15) is 5.11 Å². The van der Waals surface area contributed by atoms with E-state index in [-0.39, 0.29) is 5.75 Å². The lowest BCUT2D eigenvalue weighted by atomic mass is 10.2. The predicted octanol–water partition coefficient (Wildman–Crippen LogP) is 1.35. The van der Waals surface area contributed by atoms with Gasteiger partial charge in [-0.2, -0.15) is 0 Å². The highest BCUT2D eigenvalue weighted by molar-refractivity contribution is 9.10. The Hall–Kier alpha value is -1.43. The van der Waals surface area contributed by atoms with Gasteiger partial charge in [-0.25, -0.2) is 4.68 Å². The van der Waals surface area contributed by atoms with Crippen LogP contribution in [-0.4, -0.2) is 25.1 Å². The number of halogens is 1. The molecular weight excluding hydrogens is 248 g/mol. The third-order valence-corrected chi connectivity index (χ3v) is 2.32. The summed E-state index contributed by atoms with van der Waals surface area (Å²) in [6, 6.07) is 1.61. The lowest BCUT2D eigenvalue weighted by Crippen LogP contribution is -1.94. The highest BCUT2D eigenvalue weighted by Gasteiger charge is 2.10. The zero-order valence-corrected chi connectivity index (χ0v) is 8.93. The molecule has 2 aromatic heterocycles. The first-order valence-corrected chi connectivity index (χ1v) is 4.67. The molecule has 0 aromatic carbocycles. The summed E-state index contributed by atoms with van der Waals surface area (Å²) < 4.78 is 2.24. The predicted molar refractivity (Wildman–Crippen MR) is 53.6 cm³/mol. The van der Waals surface area contributed by atoms with E-state index >= 15 is 0 Å². The minimum Gasteiger partial charge on any atom is -0.506 e. The molecule has 0 radical (unpaired) electrons. The smallest absolute Gasteiger partial charge is 0.156 e. The molecule has 2 rings (SSSR count). The molecule has 0 fully saturated rings. The van der Waals surface area contributed by atoms with Crippen molar-refractivity contribution in [2.45, 2.75) is 0 Å². The molecule has 2 heterocycles. The fourth-order valence-electron chi connectivity index (χ4n) is 1.20. The Kier molecular flexibility index (Phi) is 2.20. The van der Waals surface area contributed by atoms with Crippen molar-refractivity contribution in [2.75, 3.05) is 0 Å². The summed E-state index contributed by atoms with van der Waals surface area (Å²) in [5, 5.41) is 16.9. The summed E-state index contributed by atoms with van der Waals surface area (Å²) in [6.45, 7) is 0. The average molecular weight is 255 g/mol. The normalized spacial score (nSPS) is 10.4. The Morgan fingerprint density at radius 1 is 1.43 bits per heavy atom. The van der Waals surface area contributed by atoms with Gasteiger partial charge in [-0.3, -0.25) is 4.98 Å². The topological polar surface area (TPSA) is 63.8 Å². The Bertz CT molecular complexity index is 449. The second-order valence-corrected chi connectivity index (χ2v) is 3.54. The number of aryl methyl sites for hydroxylation is 1. The van der Waals surface area contributed by atoms with E-state index in [1.807, 2.05) is 0 Å². The van der Waals surface area contributed by atoms with Crippen molar-refractivity contribution in [2.24, 2.45) is 7.05 Å². The molecule has 0 aliphatic heterocycles. The van der Waals surface area contributed by atoms with Crippen molar-refractivity contribution in [3.8, 4) is 17.0 Å². The minimum absolute atomic E-state index is 0.121. The number of hydrogen-bond donors (Lipinski definition) is 1. The van der Waals surface area contributed by atoms with Crippen LogP contribution in [-0.2, 0) is 7.05 Å². The van der Waals surface area contributed by atoms with Crippen molar-refractivity contribution in [1.29, 1.82) is 0 Å². The maximum Gasteiger partial charge on any atom is 0.156 e. The highest BCUT2D eigenvalue weighted by Crippen LogP contribution is 2.26. The summed E-state index contributed by atoms with van der Waals surface area (Å²) in [7, 11) is 1.77. The molecule has 0 unspecified atom stereocenters. The van der Waals surface area contributed by atoms with E-state index < -0.39 is 0 Å². The fourth-order valence-corrected chi connectivity index (χ4v) is 1.75. The van der Waals surface area contributed by atoms with Crippen LogP contribution in [0, 0.1) is 0 Å². The lowest BCUT2D eigenvalue weighted by Gasteiger charge is -2.01. The van der Waals surface area contributed by atoms with Crippen molar-refractivity contribution < 1.29 is 5.11 Å². The van der Waals surface area contributed by atoms with E-state index in [0.717, 1.165) is 11.3 Å². The number of rotatable bonds is 1. The number of aromatic nitrogens is 4. The maximum absolute atomic E-state index is 9.27. The Balaban J connectivity index is 2.59. The molecule has 2 aromatic rings. The first-order valence-electron chi connectivity index (χ1n) is 3.88. The number of aromatic hydroxyl groups is 1. The lowest BCUT2D eigenvalue weighted by molar-refractivity contribution is 0.473. The van der Waals surface area contributed by atoms with Crippen LogP contribution in [0.4, 0.5) is 0 Å². The van der Waals surface area contributed by atoms with Crippen LogP contribution in [0.5, 0.6) is 5.75 Å². The van der Waals surface area contributed by atoms with Gasteiger partial charge in [0.2, 0.25) is 0 Å². The van der Waals surface area contributed by atoms with Crippen molar-refractivity contribution >= 4 is 15.9 Å². The quantitative estimate of drug-likeness (QED) is 0.835. The Morgan fingerprint density at radius 3 is 2.79 bits per heavy atom. The van der Waals surface area contributed by atoms with E-state index in [1.165, 1.54) is 6.20 Å². The average Bonchev–Trinajstić information content (AvgIpc) is 2.46. The summed E-state index contributed by atoms with van der Waals surface area (Å²) >= 11 is 3.27. The van der Waals surface area contributed by atoms with Crippen molar-refractivity contribution in [3.63, 3.8) is 0 Å². The van der Waals surface area contributed by atoms with Gasteiger partial charge >= 0.3 is 0 Å². The van der Waals surface area contributed by atoms with Gasteiger partial charge in [0.25, 0.3) is 0 Å². The van der Waals surface area contributed by atoms with E-state index in [0.29, 0.717) is 4.60 Å². The van der Waals surface area contributed by atoms with Crippen LogP contribution in [0.3, 0.4) is 0 Å². The number of pyridine rings is 1. The molecule has 0 amide bonds. The zero-order valence-electron chi connectivity index (χ0n) is 7.35. The maximum atomic E-state index is 9.27. The monoisotopic (exact) mass is 254 g/mol. The standard InChI is InChI=1S/C8H7BrN4O/c1-13-7(8(9)11-12-13)5-2-6(14)4-10-3-5/h2-4,14H,1H3. The van der Waals surface area contributed by atoms with Gasteiger partial charge in [-0.15, -0.1) is 5.10 Å². The molecule has 0 atom stereocenters. The first kappa shape index (κ1) is 9.14. The first-order chi connectivity index (χ1) is 6.68. The van der Waals surface area contributed by atoms with Crippen molar-refractivity contribution in [1.82, 2.24) is 20.0 Å². The third kappa shape index (κ3) is 1.48. The molecule has 0 saturated heterocycles. The zero-order chi connectivity index (χ0) is 10.1. The van der Waals surface area contributed by atoms with E-state index in [4.69, 9.17) is 0 Å². The van der Waals surface area contributed by atoms with Crippen LogP contribution >= 0.6 is 15.9 Å². The van der Waals surface area contributed by atoms with Gasteiger partial charge in [-0.1, -0.05) is 5.21 Å². The van der Waals surface area contributed by atoms with Crippen LogP contribution in [0.2, 0.25) is 0 Å². The fraction of sp³-hybridized carbons (Fsp3) is 0.125. The molecule has 0 saturated carbocycles. The second-order valence-electron chi connectivity index (χ2n) is 2.78. The highest BCUT2D eigenvalue weighted by atomic mass is 79.9. The van der Waals surface area contributed by atoms with Gasteiger partial charge in [0, 0.05) is 18.8 Å². The van der Waals surface area contributed by atoms with Gasteiger partial charge in [0.15, 0.2) is 4.60 Å². The number of hydrogen-bond acceptors (Lipinski definition) is 4. The van der Waals surface area contributed by atoms with Crippen LogP contribution in [0.15, 0.2) is 23.1 Å². The van der Waals surface area contributed by atoms with Crippen molar-refractivity contribution in [3.05, 3.63) is 23.1 Å². The summed E-state index contributed by atoms with van der Waals surface area (Å²) in [5.74, 6) is 0.121. The number of nitrogens with zero attached hydrogens (tertiary/aromatic N) is 4. The summed E-state index contributed by atoms with van der Waals surface area (Å²) in [6.07, 6.45) is 3.02. The molecular formula is C8H7BrN4O. The molecule has 0 aliphatic rings. The van der Waals surface area contributed by atoms with Gasteiger partial charge in [-0.05, 0) is 22.0 Å². The van der Waals surface area contributed by atoms with Crippen LogP contribution < -0.4 is 0 Å². The molecule has 14 heavy (non-hydrogen) atoms. The van der Waals surface area contributed by atoms with Crippen LogP contribution in [0.25, 0.3) is 11.3 Å². The summed E-state index contributed by atoms with van der Waals surface area (Å²) in [5.41, 5.74) is 1.55. The minimum atomic E-state index is 0.121. The second kappa shape index (κ2) is 3.38. The summed E-state index contributed by atoms with van der Waals surface area (Å²) in [4.78, 5) is 3.88. The Morgan fingerprint density at radius 2 is 2.21 bits per heavy atom. The van der Waals surface area contributed by atoms with E-state index in [2.05, 4.69) is 31.2 Å². The third-order valence-electron chi connectivity index (χ3n) is 1.78. The van der Waals surface area contributed by atoms with E-state index in [1.54, 1.807) is 24.0 Å². The molecule has 72 valence electrons. The molecule has 1 N–H and O–H groups in total. The van der Waals surface area contributed by atoms with Gasteiger partial charge in [0.1, 0.15) is 11.4 Å². The molecule has 6 heteroatoms. The van der Waals surface area contributed by atoms with Gasteiger partial charge in [0.05, 0.1) is 6.20 Å². The largest absolute Gasteiger partial charge is 0.506 e. The molecule has 5 nitrogen and oxygen atoms in total. The molecule has 0 aliphatic carbocycles. The molecule has 0 spiro atoms. The van der Waals surface area contributed by atoms with Crippen LogP contribution in [0.1, 0.15) is 0 Å². The SMILES string of the molecule is Cn1nnc(Br)c1-c1cncc(O)c1. The molecule has 0 bridgehead atoms. The van der Waals surface area contributed by atoms with Gasteiger partial charge < -0.3 is 5.11 Å².